The summed E-state index contributed by atoms with van der Waals surface area (Å²) >= 11 is 0. The molecule has 1 aromatic carbocycles. The smallest absolute Gasteiger partial charge is 0.408 e. The lowest BCUT2D eigenvalue weighted by molar-refractivity contribution is -0.0373. The Morgan fingerprint density at radius 2 is 1.87 bits per heavy atom. The van der Waals surface area contributed by atoms with Gasteiger partial charge < -0.3 is 13.9 Å². The standard InChI is InChI=1S/C25H34N2O4/c1-17-14-22-23(15-18(17)16-26)31-24(28)27(22)20-6-4-19(5-7-20)25(2)10-8-21(9-11-25)30-13-12-29-3/h14-15,19-21H,4-13H2,1-3H3/t19?,20?,21-,25-. The Morgan fingerprint density at radius 3 is 2.52 bits per heavy atom. The molecule has 0 unspecified atom stereocenters. The molecule has 0 bridgehead atoms. The Labute approximate surface area is 184 Å². The van der Waals surface area contributed by atoms with E-state index in [1.807, 2.05) is 17.6 Å². The molecule has 4 rings (SSSR count). The predicted molar refractivity (Wildman–Crippen MR) is 119 cm³/mol. The Hall–Kier alpha value is -2.10. The van der Waals surface area contributed by atoms with Crippen LogP contribution in [-0.2, 0) is 9.47 Å². The van der Waals surface area contributed by atoms with Crippen LogP contribution in [0.2, 0.25) is 0 Å². The second kappa shape index (κ2) is 9.18. The van der Waals surface area contributed by atoms with Gasteiger partial charge in [0.1, 0.15) is 0 Å². The molecular weight excluding hydrogens is 392 g/mol. The van der Waals surface area contributed by atoms with Crippen molar-refractivity contribution in [3.8, 4) is 6.07 Å². The molecule has 0 radical (unpaired) electrons. The van der Waals surface area contributed by atoms with Gasteiger partial charge in [-0.15, -0.1) is 0 Å². The number of hydrogen-bond acceptors (Lipinski definition) is 5. The molecule has 1 aromatic heterocycles. The summed E-state index contributed by atoms with van der Waals surface area (Å²) in [7, 11) is 1.71. The molecule has 0 saturated heterocycles. The lowest BCUT2D eigenvalue weighted by Crippen LogP contribution is -2.37. The van der Waals surface area contributed by atoms with Crippen molar-refractivity contribution >= 4 is 11.1 Å². The maximum atomic E-state index is 12.6. The lowest BCUT2D eigenvalue weighted by atomic mass is 9.62. The maximum absolute atomic E-state index is 12.6. The molecule has 0 atom stereocenters. The SMILES string of the molecule is COCCO[C@H]1CC[C@](C)(C2CCC(n3c(=O)oc4cc(C#N)c(C)cc43)CC2)CC1. The first-order chi connectivity index (χ1) is 14.9. The monoisotopic (exact) mass is 426 g/mol. The van der Waals surface area contributed by atoms with Crippen LogP contribution in [-0.4, -0.2) is 31.0 Å². The average molecular weight is 427 g/mol. The number of benzene rings is 1. The van der Waals surface area contributed by atoms with E-state index in [9.17, 15) is 10.1 Å². The fourth-order valence-corrected chi connectivity index (χ4v) is 5.81. The van der Waals surface area contributed by atoms with Crippen molar-refractivity contribution in [3.63, 3.8) is 0 Å². The van der Waals surface area contributed by atoms with E-state index in [1.54, 1.807) is 13.2 Å². The Balaban J connectivity index is 1.40. The van der Waals surface area contributed by atoms with Gasteiger partial charge in [0.25, 0.3) is 0 Å². The average Bonchev–Trinajstić information content (AvgIpc) is 3.09. The zero-order valence-electron chi connectivity index (χ0n) is 19.0. The first-order valence-electron chi connectivity index (χ1n) is 11.6. The molecule has 0 aliphatic heterocycles. The number of fused-ring (bicyclic) bond motifs is 1. The van der Waals surface area contributed by atoms with Crippen LogP contribution in [0.15, 0.2) is 21.3 Å². The number of hydrogen-bond donors (Lipinski definition) is 0. The summed E-state index contributed by atoms with van der Waals surface area (Å²) < 4.78 is 18.4. The summed E-state index contributed by atoms with van der Waals surface area (Å²) in [5.74, 6) is 0.400. The van der Waals surface area contributed by atoms with Crippen molar-refractivity contribution in [2.75, 3.05) is 20.3 Å². The minimum Gasteiger partial charge on any atom is -0.408 e. The largest absolute Gasteiger partial charge is 0.420 e. The van der Waals surface area contributed by atoms with Gasteiger partial charge in [0.15, 0.2) is 5.58 Å². The minimum atomic E-state index is -0.298. The number of aryl methyl sites for hydroxylation is 1. The van der Waals surface area contributed by atoms with Crippen LogP contribution < -0.4 is 5.76 Å². The number of nitriles is 1. The molecule has 2 saturated carbocycles. The van der Waals surface area contributed by atoms with Gasteiger partial charge in [0, 0.05) is 19.2 Å². The van der Waals surface area contributed by atoms with Gasteiger partial charge >= 0.3 is 5.76 Å². The Morgan fingerprint density at radius 1 is 1.16 bits per heavy atom. The van der Waals surface area contributed by atoms with E-state index < -0.39 is 0 Å². The molecule has 0 N–H and O–H groups in total. The quantitative estimate of drug-likeness (QED) is 0.599. The van der Waals surface area contributed by atoms with Crippen LogP contribution in [0.3, 0.4) is 0 Å². The highest BCUT2D eigenvalue weighted by Gasteiger charge is 2.40. The van der Waals surface area contributed by atoms with Crippen molar-refractivity contribution in [2.24, 2.45) is 11.3 Å². The van der Waals surface area contributed by atoms with Gasteiger partial charge in [-0.2, -0.15) is 5.26 Å². The van der Waals surface area contributed by atoms with Crippen LogP contribution in [0.5, 0.6) is 0 Å². The fraction of sp³-hybridized carbons (Fsp3) is 0.680. The number of ether oxygens (including phenoxy) is 2. The lowest BCUT2D eigenvalue weighted by Gasteiger charge is -2.45. The molecule has 6 nitrogen and oxygen atoms in total. The van der Waals surface area contributed by atoms with Crippen molar-refractivity contribution in [1.82, 2.24) is 4.57 Å². The molecule has 168 valence electrons. The molecule has 2 aromatic rings. The van der Waals surface area contributed by atoms with Gasteiger partial charge in [-0.25, -0.2) is 4.79 Å². The highest BCUT2D eigenvalue weighted by atomic mass is 16.5. The first kappa shape index (κ1) is 22.1. The number of oxazole rings is 1. The Bertz CT molecular complexity index is 999. The summed E-state index contributed by atoms with van der Waals surface area (Å²) in [5.41, 5.74) is 3.16. The fourth-order valence-electron chi connectivity index (χ4n) is 5.81. The van der Waals surface area contributed by atoms with E-state index in [0.29, 0.717) is 41.8 Å². The van der Waals surface area contributed by atoms with Crippen molar-refractivity contribution in [1.29, 1.82) is 5.26 Å². The second-order valence-electron chi connectivity index (χ2n) is 9.71. The van der Waals surface area contributed by atoms with Crippen LogP contribution in [0.4, 0.5) is 0 Å². The molecule has 2 aliphatic carbocycles. The molecule has 2 aliphatic rings. The molecule has 0 amide bonds. The van der Waals surface area contributed by atoms with Gasteiger partial charge in [-0.3, -0.25) is 4.57 Å². The van der Waals surface area contributed by atoms with E-state index in [1.165, 1.54) is 12.8 Å². The van der Waals surface area contributed by atoms with E-state index >= 15 is 0 Å². The van der Waals surface area contributed by atoms with Gasteiger partial charge in [0.2, 0.25) is 0 Å². The number of nitrogens with zero attached hydrogens (tertiary/aromatic N) is 2. The highest BCUT2D eigenvalue weighted by Crippen LogP contribution is 2.50. The zero-order chi connectivity index (χ0) is 22.0. The van der Waals surface area contributed by atoms with Crippen molar-refractivity contribution in [3.05, 3.63) is 33.8 Å². The molecule has 0 spiro atoms. The van der Waals surface area contributed by atoms with Crippen LogP contribution in [0.25, 0.3) is 11.1 Å². The minimum absolute atomic E-state index is 0.176. The normalized spacial score (nSPS) is 29.2. The molecule has 6 heteroatoms. The second-order valence-corrected chi connectivity index (χ2v) is 9.71. The molecule has 1 heterocycles. The number of methoxy groups -OCH3 is 1. The number of rotatable bonds is 6. The van der Waals surface area contributed by atoms with Gasteiger partial charge in [-0.1, -0.05) is 6.92 Å². The summed E-state index contributed by atoms with van der Waals surface area (Å²) in [6.07, 6.45) is 9.35. The van der Waals surface area contributed by atoms with E-state index in [4.69, 9.17) is 13.9 Å². The van der Waals surface area contributed by atoms with E-state index in [2.05, 4.69) is 13.0 Å². The summed E-state index contributed by atoms with van der Waals surface area (Å²) in [6.45, 7) is 5.71. The highest BCUT2D eigenvalue weighted by molar-refractivity contribution is 5.76. The maximum Gasteiger partial charge on any atom is 0.420 e. The number of aromatic nitrogens is 1. The third-order valence-corrected chi connectivity index (χ3v) is 7.84. The van der Waals surface area contributed by atoms with Crippen LogP contribution >= 0.6 is 0 Å². The van der Waals surface area contributed by atoms with Crippen molar-refractivity contribution < 1.29 is 13.9 Å². The summed E-state index contributed by atoms with van der Waals surface area (Å²) in [4.78, 5) is 12.6. The van der Waals surface area contributed by atoms with Crippen molar-refractivity contribution in [2.45, 2.75) is 77.4 Å². The van der Waals surface area contributed by atoms with Gasteiger partial charge in [-0.05, 0) is 81.3 Å². The molecule has 2 fully saturated rings. The topological polar surface area (TPSA) is 77.4 Å². The zero-order valence-corrected chi connectivity index (χ0v) is 19.0. The third kappa shape index (κ3) is 4.44. The van der Waals surface area contributed by atoms with E-state index in [-0.39, 0.29) is 11.8 Å². The molecule has 31 heavy (non-hydrogen) atoms. The predicted octanol–water partition coefficient (Wildman–Crippen LogP) is 5.12. The molecular formula is C25H34N2O4. The summed E-state index contributed by atoms with van der Waals surface area (Å²) in [6, 6.07) is 5.97. The first-order valence-corrected chi connectivity index (χ1v) is 11.6. The van der Waals surface area contributed by atoms with Crippen LogP contribution in [0.1, 0.15) is 75.5 Å². The Kier molecular flexibility index (Phi) is 6.55. The van der Waals surface area contributed by atoms with Gasteiger partial charge in [0.05, 0.1) is 36.5 Å². The summed E-state index contributed by atoms with van der Waals surface area (Å²) in [5, 5.41) is 9.26. The van der Waals surface area contributed by atoms with Crippen LogP contribution in [0, 0.1) is 29.6 Å². The van der Waals surface area contributed by atoms with E-state index in [0.717, 1.165) is 49.6 Å². The third-order valence-electron chi connectivity index (χ3n) is 7.84.